The van der Waals surface area contributed by atoms with Gasteiger partial charge in [-0.05, 0) is 24.1 Å². The fourth-order valence-corrected chi connectivity index (χ4v) is 2.36. The van der Waals surface area contributed by atoms with Gasteiger partial charge in [0.1, 0.15) is 0 Å². The van der Waals surface area contributed by atoms with Crippen LogP contribution in [0.1, 0.15) is 50.5 Å². The van der Waals surface area contributed by atoms with E-state index in [-0.39, 0.29) is 6.61 Å². The van der Waals surface area contributed by atoms with E-state index < -0.39 is 0 Å². The van der Waals surface area contributed by atoms with Crippen molar-refractivity contribution >= 4 is 15.9 Å². The zero-order valence-corrected chi connectivity index (χ0v) is 11.5. The van der Waals surface area contributed by atoms with Gasteiger partial charge in [0.15, 0.2) is 0 Å². The minimum Gasteiger partial charge on any atom is -0.396 e. The zero-order chi connectivity index (χ0) is 11.8. The van der Waals surface area contributed by atoms with Crippen LogP contribution in [0.25, 0.3) is 0 Å². The quantitative estimate of drug-likeness (QED) is 0.731. The summed E-state index contributed by atoms with van der Waals surface area (Å²) >= 11 is 3.47. The van der Waals surface area contributed by atoms with Gasteiger partial charge < -0.3 is 5.11 Å². The lowest BCUT2D eigenvalue weighted by Crippen LogP contribution is -2.04. The van der Waals surface area contributed by atoms with Crippen LogP contribution in [0, 0.1) is 0 Å². The van der Waals surface area contributed by atoms with Crippen LogP contribution >= 0.6 is 15.9 Å². The lowest BCUT2D eigenvalue weighted by atomic mass is 9.94. The van der Waals surface area contributed by atoms with Crippen LogP contribution in [0.5, 0.6) is 0 Å². The van der Waals surface area contributed by atoms with E-state index in [2.05, 4.69) is 35.0 Å². The molecular formula is C14H21BrO. The molecule has 0 aliphatic rings. The van der Waals surface area contributed by atoms with Crippen molar-refractivity contribution in [2.24, 2.45) is 0 Å². The Hall–Kier alpha value is -0.340. The molecule has 16 heavy (non-hydrogen) atoms. The summed E-state index contributed by atoms with van der Waals surface area (Å²) in [6, 6.07) is 8.27. The summed E-state index contributed by atoms with van der Waals surface area (Å²) in [6.45, 7) is 2.47. The van der Waals surface area contributed by atoms with E-state index in [9.17, 15) is 5.11 Å². The lowest BCUT2D eigenvalue weighted by Gasteiger charge is -2.14. The topological polar surface area (TPSA) is 20.2 Å². The molecule has 0 aliphatic heterocycles. The molecule has 1 aromatic rings. The van der Waals surface area contributed by atoms with Crippen LogP contribution < -0.4 is 0 Å². The Kier molecular flexibility index (Phi) is 6.74. The number of rotatable bonds is 7. The summed E-state index contributed by atoms with van der Waals surface area (Å²) in [7, 11) is 0. The van der Waals surface area contributed by atoms with Crippen LogP contribution in [-0.2, 0) is 0 Å². The molecule has 0 fully saturated rings. The predicted molar refractivity (Wildman–Crippen MR) is 72.7 cm³/mol. The number of benzene rings is 1. The lowest BCUT2D eigenvalue weighted by molar-refractivity contribution is 0.256. The van der Waals surface area contributed by atoms with E-state index in [0.717, 1.165) is 10.9 Å². The molecule has 0 aromatic heterocycles. The first-order chi connectivity index (χ1) is 7.77. The van der Waals surface area contributed by atoms with Gasteiger partial charge in [0.25, 0.3) is 0 Å². The summed E-state index contributed by atoms with van der Waals surface area (Å²) < 4.78 is 1.09. The van der Waals surface area contributed by atoms with E-state index in [1.54, 1.807) is 0 Å². The average Bonchev–Trinajstić information content (AvgIpc) is 2.29. The van der Waals surface area contributed by atoms with Gasteiger partial charge in [-0.25, -0.2) is 0 Å². The van der Waals surface area contributed by atoms with Crippen molar-refractivity contribution in [1.82, 2.24) is 0 Å². The van der Waals surface area contributed by atoms with E-state index in [1.165, 1.54) is 31.2 Å². The maximum atomic E-state index is 9.41. The molecule has 1 aromatic carbocycles. The van der Waals surface area contributed by atoms with Gasteiger partial charge in [0.2, 0.25) is 0 Å². The third-order valence-electron chi connectivity index (χ3n) is 2.95. The molecule has 1 atom stereocenters. The van der Waals surface area contributed by atoms with Crippen LogP contribution in [0.15, 0.2) is 28.7 Å². The van der Waals surface area contributed by atoms with E-state index in [0.29, 0.717) is 5.92 Å². The van der Waals surface area contributed by atoms with Gasteiger partial charge in [-0.1, -0.05) is 60.7 Å². The minimum absolute atomic E-state index is 0.253. The second kappa shape index (κ2) is 7.86. The van der Waals surface area contributed by atoms with Crippen molar-refractivity contribution in [1.29, 1.82) is 0 Å². The standard InChI is InChI=1S/C14H21BrO/c1-2-3-4-5-7-13(11-16)12-8-6-9-14(15)10-12/h6,8-10,13,16H,2-5,7,11H2,1H3. The highest BCUT2D eigenvalue weighted by molar-refractivity contribution is 9.10. The molecule has 2 heteroatoms. The molecule has 0 bridgehead atoms. The Bertz CT molecular complexity index is 299. The van der Waals surface area contributed by atoms with E-state index >= 15 is 0 Å². The molecule has 0 saturated heterocycles. The highest BCUT2D eigenvalue weighted by Gasteiger charge is 2.09. The molecule has 0 radical (unpaired) electrons. The molecule has 0 spiro atoms. The van der Waals surface area contributed by atoms with Crippen LogP contribution in [-0.4, -0.2) is 11.7 Å². The first-order valence-electron chi connectivity index (χ1n) is 6.14. The van der Waals surface area contributed by atoms with E-state index in [4.69, 9.17) is 0 Å². The van der Waals surface area contributed by atoms with Crippen molar-refractivity contribution in [2.45, 2.75) is 44.9 Å². The second-order valence-corrected chi connectivity index (χ2v) is 5.20. The summed E-state index contributed by atoms with van der Waals surface area (Å²) in [6.07, 6.45) is 6.15. The van der Waals surface area contributed by atoms with Gasteiger partial charge in [0, 0.05) is 17.0 Å². The Morgan fingerprint density at radius 2 is 2.06 bits per heavy atom. The smallest absolute Gasteiger partial charge is 0.0499 e. The second-order valence-electron chi connectivity index (χ2n) is 4.28. The number of hydrogen-bond donors (Lipinski definition) is 1. The van der Waals surface area contributed by atoms with Crippen LogP contribution in [0.2, 0.25) is 0 Å². The molecule has 0 amide bonds. The predicted octanol–water partition coefficient (Wildman–Crippen LogP) is 4.50. The highest BCUT2D eigenvalue weighted by atomic mass is 79.9. The Labute approximate surface area is 107 Å². The maximum absolute atomic E-state index is 9.41. The van der Waals surface area contributed by atoms with Crippen molar-refractivity contribution < 1.29 is 5.11 Å². The van der Waals surface area contributed by atoms with Gasteiger partial charge in [-0.3, -0.25) is 0 Å². The summed E-state index contributed by atoms with van der Waals surface area (Å²) in [5, 5.41) is 9.41. The third-order valence-corrected chi connectivity index (χ3v) is 3.44. The number of aliphatic hydroxyl groups is 1. The van der Waals surface area contributed by atoms with Crippen molar-refractivity contribution in [3.63, 3.8) is 0 Å². The third kappa shape index (κ3) is 4.67. The number of unbranched alkanes of at least 4 members (excludes halogenated alkanes) is 3. The summed E-state index contributed by atoms with van der Waals surface area (Å²) in [4.78, 5) is 0. The van der Waals surface area contributed by atoms with Crippen molar-refractivity contribution in [3.8, 4) is 0 Å². The van der Waals surface area contributed by atoms with Gasteiger partial charge in [-0.2, -0.15) is 0 Å². The van der Waals surface area contributed by atoms with Gasteiger partial charge in [-0.15, -0.1) is 0 Å². The number of halogens is 1. The Morgan fingerprint density at radius 3 is 2.69 bits per heavy atom. The largest absolute Gasteiger partial charge is 0.396 e. The molecule has 1 unspecified atom stereocenters. The summed E-state index contributed by atoms with van der Waals surface area (Å²) in [5.74, 6) is 0.300. The zero-order valence-electron chi connectivity index (χ0n) is 9.95. The van der Waals surface area contributed by atoms with Crippen molar-refractivity contribution in [2.75, 3.05) is 6.61 Å². The molecule has 1 nitrogen and oxygen atoms in total. The van der Waals surface area contributed by atoms with Crippen LogP contribution in [0.3, 0.4) is 0 Å². The van der Waals surface area contributed by atoms with E-state index in [1.807, 2.05) is 12.1 Å². The normalized spacial score (nSPS) is 12.7. The average molecular weight is 285 g/mol. The monoisotopic (exact) mass is 284 g/mol. The van der Waals surface area contributed by atoms with Gasteiger partial charge in [0.05, 0.1) is 0 Å². The molecular weight excluding hydrogens is 264 g/mol. The maximum Gasteiger partial charge on any atom is 0.0499 e. The molecule has 0 heterocycles. The van der Waals surface area contributed by atoms with Crippen molar-refractivity contribution in [3.05, 3.63) is 34.3 Å². The first-order valence-corrected chi connectivity index (χ1v) is 6.93. The summed E-state index contributed by atoms with van der Waals surface area (Å²) in [5.41, 5.74) is 1.24. The van der Waals surface area contributed by atoms with Crippen LogP contribution in [0.4, 0.5) is 0 Å². The fraction of sp³-hybridized carbons (Fsp3) is 0.571. The first kappa shape index (κ1) is 13.7. The number of hydrogen-bond acceptors (Lipinski definition) is 1. The Balaban J connectivity index is 2.47. The molecule has 0 aliphatic carbocycles. The van der Waals surface area contributed by atoms with Gasteiger partial charge >= 0.3 is 0 Å². The SMILES string of the molecule is CCCCCCC(CO)c1cccc(Br)c1. The highest BCUT2D eigenvalue weighted by Crippen LogP contribution is 2.24. The fourth-order valence-electron chi connectivity index (χ4n) is 1.94. The number of aliphatic hydroxyl groups excluding tert-OH is 1. The molecule has 1 rings (SSSR count). The molecule has 90 valence electrons. The molecule has 0 saturated carbocycles. The Morgan fingerprint density at radius 1 is 1.25 bits per heavy atom. The molecule has 1 N–H and O–H groups in total. The minimum atomic E-state index is 0.253.